The molecule has 2 atom stereocenters. The topological polar surface area (TPSA) is 9.23 Å². The van der Waals surface area contributed by atoms with Gasteiger partial charge in [0.15, 0.2) is 0 Å². The van der Waals surface area contributed by atoms with Crippen LogP contribution in [0.25, 0.3) is 5.57 Å². The van der Waals surface area contributed by atoms with Crippen LogP contribution in [0.2, 0.25) is 0 Å². The molecule has 0 radical (unpaired) electrons. The summed E-state index contributed by atoms with van der Waals surface area (Å²) in [5, 5.41) is 0.967. The van der Waals surface area contributed by atoms with Crippen molar-refractivity contribution in [2.75, 3.05) is 11.9 Å². The van der Waals surface area contributed by atoms with E-state index in [0.29, 0.717) is 0 Å². The summed E-state index contributed by atoms with van der Waals surface area (Å²) < 4.78 is 5.67. The quantitative estimate of drug-likeness (QED) is 0.470. The van der Waals surface area contributed by atoms with Crippen LogP contribution >= 0.6 is 31.9 Å². The van der Waals surface area contributed by atoms with Crippen molar-refractivity contribution >= 4 is 37.4 Å². The van der Waals surface area contributed by atoms with Crippen LogP contribution in [0.5, 0.6) is 0 Å². The van der Waals surface area contributed by atoms with Gasteiger partial charge in [0.1, 0.15) is 4.51 Å². The van der Waals surface area contributed by atoms with Crippen molar-refractivity contribution in [1.29, 1.82) is 0 Å². The average Bonchev–Trinajstić information content (AvgIpc) is 2.43. The van der Waals surface area contributed by atoms with Crippen molar-refractivity contribution in [3.8, 4) is 0 Å². The number of halogens is 2. The molecule has 0 saturated carbocycles. The van der Waals surface area contributed by atoms with Gasteiger partial charge in [-0.05, 0) is 52.1 Å². The molecule has 0 heterocycles. The number of alkyl halides is 2. The van der Waals surface area contributed by atoms with Crippen LogP contribution in [0, 0.1) is 12.8 Å². The minimum absolute atomic E-state index is 0.268. The third-order valence-corrected chi connectivity index (χ3v) is 5.45. The summed E-state index contributed by atoms with van der Waals surface area (Å²) in [5.74, 6) is 0.268. The van der Waals surface area contributed by atoms with Gasteiger partial charge in [-0.3, -0.25) is 0 Å². The van der Waals surface area contributed by atoms with Gasteiger partial charge < -0.3 is 4.74 Å². The predicted molar refractivity (Wildman–Crippen MR) is 93.5 cm³/mol. The molecule has 0 bridgehead atoms. The maximum Gasteiger partial charge on any atom is 0.148 e. The van der Waals surface area contributed by atoms with E-state index in [1.807, 2.05) is 0 Å². The highest BCUT2D eigenvalue weighted by molar-refractivity contribution is 9.10. The Morgan fingerprint density at radius 3 is 2.75 bits per heavy atom. The lowest BCUT2D eigenvalue weighted by Crippen LogP contribution is -2.33. The van der Waals surface area contributed by atoms with Gasteiger partial charge in [0, 0.05) is 17.9 Å². The molecule has 0 saturated heterocycles. The fraction of sp³-hybridized carbons (Fsp3) is 0.412. The second kappa shape index (κ2) is 7.06. The van der Waals surface area contributed by atoms with Crippen LogP contribution in [0.1, 0.15) is 24.5 Å². The van der Waals surface area contributed by atoms with Crippen molar-refractivity contribution in [3.63, 3.8) is 0 Å². The van der Waals surface area contributed by atoms with Crippen LogP contribution in [0.3, 0.4) is 0 Å². The summed E-state index contributed by atoms with van der Waals surface area (Å²) in [6.07, 6.45) is 7.40. The zero-order chi connectivity index (χ0) is 14.6. The standard InChI is InChI=1S/C17H20Br2O/c1-13-7-3-4-8-15(13)16-9-5-10-17(19,14(16)2)20-12-6-11-18/h3-5,7-10,14H,6,11-12H2,1-2H3. The molecule has 1 aliphatic rings. The van der Waals surface area contributed by atoms with Crippen molar-refractivity contribution in [1.82, 2.24) is 0 Å². The maximum atomic E-state index is 6.07. The fourth-order valence-electron chi connectivity index (χ4n) is 2.46. The van der Waals surface area contributed by atoms with Crippen LogP contribution < -0.4 is 0 Å². The highest BCUT2D eigenvalue weighted by Crippen LogP contribution is 2.43. The Morgan fingerprint density at radius 1 is 1.30 bits per heavy atom. The van der Waals surface area contributed by atoms with E-state index in [1.54, 1.807) is 0 Å². The molecule has 0 spiro atoms. The van der Waals surface area contributed by atoms with E-state index in [-0.39, 0.29) is 5.92 Å². The first-order valence-corrected chi connectivity index (χ1v) is 8.84. The van der Waals surface area contributed by atoms with Crippen molar-refractivity contribution < 1.29 is 4.74 Å². The fourth-order valence-corrected chi connectivity index (χ4v) is 3.25. The Labute approximate surface area is 138 Å². The normalized spacial score (nSPS) is 25.6. The van der Waals surface area contributed by atoms with Crippen LogP contribution in [-0.2, 0) is 4.74 Å². The maximum absolute atomic E-state index is 6.07. The molecule has 0 N–H and O–H groups in total. The summed E-state index contributed by atoms with van der Waals surface area (Å²) in [5.41, 5.74) is 3.93. The summed E-state index contributed by atoms with van der Waals surface area (Å²) >= 11 is 7.23. The molecule has 2 unspecified atom stereocenters. The molecule has 1 aromatic carbocycles. The van der Waals surface area contributed by atoms with Crippen molar-refractivity contribution in [2.45, 2.75) is 24.8 Å². The van der Waals surface area contributed by atoms with Crippen LogP contribution in [-0.4, -0.2) is 16.4 Å². The molecule has 108 valence electrons. The highest BCUT2D eigenvalue weighted by atomic mass is 79.9. The second-order valence-electron chi connectivity index (χ2n) is 5.11. The Morgan fingerprint density at radius 2 is 2.05 bits per heavy atom. The van der Waals surface area contributed by atoms with E-state index in [0.717, 1.165) is 18.4 Å². The van der Waals surface area contributed by atoms with Gasteiger partial charge in [0.2, 0.25) is 0 Å². The van der Waals surface area contributed by atoms with E-state index in [1.165, 1.54) is 16.7 Å². The summed E-state index contributed by atoms with van der Waals surface area (Å²) in [6, 6.07) is 8.51. The lowest BCUT2D eigenvalue weighted by Gasteiger charge is -2.35. The average molecular weight is 400 g/mol. The van der Waals surface area contributed by atoms with Gasteiger partial charge in [-0.1, -0.05) is 59.3 Å². The summed E-state index contributed by atoms with van der Waals surface area (Å²) in [4.78, 5) is 0. The van der Waals surface area contributed by atoms with Gasteiger partial charge in [-0.25, -0.2) is 0 Å². The number of hydrogen-bond donors (Lipinski definition) is 0. The minimum Gasteiger partial charge on any atom is -0.359 e. The zero-order valence-electron chi connectivity index (χ0n) is 11.9. The molecular weight excluding hydrogens is 380 g/mol. The van der Waals surface area contributed by atoms with E-state index in [4.69, 9.17) is 4.74 Å². The first-order chi connectivity index (χ1) is 9.58. The Kier molecular flexibility index (Phi) is 5.65. The van der Waals surface area contributed by atoms with Gasteiger partial charge in [-0.2, -0.15) is 0 Å². The van der Waals surface area contributed by atoms with Crippen molar-refractivity contribution in [3.05, 3.63) is 53.6 Å². The summed E-state index contributed by atoms with van der Waals surface area (Å²) in [7, 11) is 0. The largest absolute Gasteiger partial charge is 0.359 e. The number of ether oxygens (including phenoxy) is 1. The molecule has 0 aliphatic heterocycles. The molecule has 0 amide bonds. The van der Waals surface area contributed by atoms with Crippen molar-refractivity contribution in [2.24, 2.45) is 5.92 Å². The third kappa shape index (κ3) is 3.44. The van der Waals surface area contributed by atoms with Gasteiger partial charge in [0.05, 0.1) is 0 Å². The highest BCUT2D eigenvalue weighted by Gasteiger charge is 2.36. The van der Waals surface area contributed by atoms with Gasteiger partial charge in [-0.15, -0.1) is 0 Å². The Hall–Kier alpha value is -0.380. The lowest BCUT2D eigenvalue weighted by atomic mass is 9.84. The molecule has 1 aliphatic carbocycles. The molecule has 1 aromatic rings. The molecule has 0 aromatic heterocycles. The minimum atomic E-state index is -0.401. The number of aryl methyl sites for hydroxylation is 1. The second-order valence-corrected chi connectivity index (χ2v) is 7.14. The van der Waals surface area contributed by atoms with Crippen LogP contribution in [0.4, 0.5) is 0 Å². The first kappa shape index (κ1) is 16.0. The molecule has 20 heavy (non-hydrogen) atoms. The molecule has 0 fully saturated rings. The monoisotopic (exact) mass is 398 g/mol. The van der Waals surface area contributed by atoms with Gasteiger partial charge in [0.25, 0.3) is 0 Å². The number of hydrogen-bond acceptors (Lipinski definition) is 1. The Balaban J connectivity index is 2.23. The number of benzene rings is 1. The predicted octanol–water partition coefficient (Wildman–Crippen LogP) is 5.48. The first-order valence-electron chi connectivity index (χ1n) is 6.93. The van der Waals surface area contributed by atoms with Crippen LogP contribution in [0.15, 0.2) is 42.5 Å². The SMILES string of the molecule is Cc1ccccc1C1=CC=CC(Br)(OCCCBr)C1C. The zero-order valence-corrected chi connectivity index (χ0v) is 15.1. The number of rotatable bonds is 5. The van der Waals surface area contributed by atoms with Gasteiger partial charge >= 0.3 is 0 Å². The van der Waals surface area contributed by atoms with E-state index in [2.05, 4.69) is 88.2 Å². The smallest absolute Gasteiger partial charge is 0.148 e. The molecular formula is C17H20Br2O. The summed E-state index contributed by atoms with van der Waals surface area (Å²) in [6.45, 7) is 5.11. The van der Waals surface area contributed by atoms with E-state index in [9.17, 15) is 0 Å². The lowest BCUT2D eigenvalue weighted by molar-refractivity contribution is 0.0442. The third-order valence-electron chi connectivity index (χ3n) is 3.71. The molecule has 3 heteroatoms. The molecule has 1 nitrogen and oxygen atoms in total. The van der Waals surface area contributed by atoms with E-state index >= 15 is 0 Å². The van der Waals surface area contributed by atoms with E-state index < -0.39 is 4.51 Å². The number of allylic oxidation sites excluding steroid dienone is 2. The Bertz CT molecular complexity index is 521. The molecule has 2 rings (SSSR count).